The standard InChI is InChI=1S/C6H8BrN3.2BrH/c1-4-9-3-5(2-7)6(8)10-4;;/h3H,2H2,1H3,(H2,8,9,10);2*1H. The molecule has 0 radical (unpaired) electrons. The van der Waals surface area contributed by atoms with E-state index in [2.05, 4.69) is 25.9 Å². The van der Waals surface area contributed by atoms with Gasteiger partial charge < -0.3 is 5.73 Å². The lowest BCUT2D eigenvalue weighted by Gasteiger charge is -1.99. The predicted octanol–water partition coefficient (Wildman–Crippen LogP) is 2.42. The lowest BCUT2D eigenvalue weighted by atomic mass is 10.3. The van der Waals surface area contributed by atoms with Crippen LogP contribution in [-0.2, 0) is 5.33 Å². The Hall–Kier alpha value is 0.320. The number of aryl methyl sites for hydroxylation is 1. The molecule has 6 heteroatoms. The molecule has 1 heterocycles. The van der Waals surface area contributed by atoms with Crippen molar-refractivity contribution in [2.45, 2.75) is 12.3 Å². The van der Waals surface area contributed by atoms with E-state index in [1.165, 1.54) is 0 Å². The van der Waals surface area contributed by atoms with Crippen LogP contribution in [-0.4, -0.2) is 9.97 Å². The third-order valence-corrected chi connectivity index (χ3v) is 1.77. The van der Waals surface area contributed by atoms with Crippen LogP contribution in [0.5, 0.6) is 0 Å². The molecule has 0 bridgehead atoms. The zero-order chi connectivity index (χ0) is 7.56. The maximum absolute atomic E-state index is 5.55. The molecule has 12 heavy (non-hydrogen) atoms. The van der Waals surface area contributed by atoms with Gasteiger partial charge >= 0.3 is 0 Å². The van der Waals surface area contributed by atoms with Crippen LogP contribution in [0.25, 0.3) is 0 Å². The van der Waals surface area contributed by atoms with Gasteiger partial charge in [-0.1, -0.05) is 15.9 Å². The van der Waals surface area contributed by atoms with Crippen LogP contribution >= 0.6 is 49.9 Å². The van der Waals surface area contributed by atoms with Crippen LogP contribution in [0.4, 0.5) is 5.82 Å². The Morgan fingerprint density at radius 1 is 1.50 bits per heavy atom. The third-order valence-electron chi connectivity index (χ3n) is 1.16. The van der Waals surface area contributed by atoms with Crippen LogP contribution in [0.15, 0.2) is 6.20 Å². The molecule has 0 aromatic carbocycles. The number of nitrogens with zero attached hydrogens (tertiary/aromatic N) is 2. The first-order valence-electron chi connectivity index (χ1n) is 2.88. The van der Waals surface area contributed by atoms with Gasteiger partial charge in [0.15, 0.2) is 0 Å². The summed E-state index contributed by atoms with van der Waals surface area (Å²) in [6, 6.07) is 0. The van der Waals surface area contributed by atoms with Crippen LogP contribution in [0.3, 0.4) is 0 Å². The molecule has 0 aliphatic carbocycles. The highest BCUT2D eigenvalue weighted by Crippen LogP contribution is 2.10. The Morgan fingerprint density at radius 3 is 2.50 bits per heavy atom. The van der Waals surface area contributed by atoms with E-state index in [4.69, 9.17) is 5.73 Å². The van der Waals surface area contributed by atoms with E-state index in [1.807, 2.05) is 6.92 Å². The van der Waals surface area contributed by atoms with Gasteiger partial charge in [-0.2, -0.15) is 0 Å². The van der Waals surface area contributed by atoms with Crippen LogP contribution in [0, 0.1) is 6.92 Å². The number of aromatic nitrogens is 2. The van der Waals surface area contributed by atoms with Crippen molar-refractivity contribution in [1.82, 2.24) is 9.97 Å². The van der Waals surface area contributed by atoms with E-state index in [0.717, 1.165) is 5.56 Å². The van der Waals surface area contributed by atoms with E-state index in [0.29, 0.717) is 17.0 Å². The number of halogens is 3. The summed E-state index contributed by atoms with van der Waals surface area (Å²) in [5.74, 6) is 1.27. The zero-order valence-corrected chi connectivity index (χ0v) is 11.5. The van der Waals surface area contributed by atoms with Crippen molar-refractivity contribution >= 4 is 55.7 Å². The Labute approximate surface area is 101 Å². The van der Waals surface area contributed by atoms with Crippen LogP contribution < -0.4 is 5.73 Å². The van der Waals surface area contributed by atoms with Gasteiger partial charge in [-0.05, 0) is 6.92 Å². The Balaban J connectivity index is 0. The first-order valence-corrected chi connectivity index (χ1v) is 4.00. The lowest BCUT2D eigenvalue weighted by molar-refractivity contribution is 1.04. The van der Waals surface area contributed by atoms with E-state index >= 15 is 0 Å². The molecule has 0 saturated carbocycles. The predicted molar refractivity (Wildman–Crippen MR) is 64.5 cm³/mol. The van der Waals surface area contributed by atoms with Crippen LogP contribution in [0.1, 0.15) is 11.4 Å². The van der Waals surface area contributed by atoms with Gasteiger partial charge in [0.2, 0.25) is 0 Å². The summed E-state index contributed by atoms with van der Waals surface area (Å²) < 4.78 is 0. The number of nitrogens with two attached hydrogens (primary N) is 1. The maximum Gasteiger partial charge on any atom is 0.131 e. The minimum absolute atomic E-state index is 0. The second kappa shape index (κ2) is 6.80. The molecule has 0 fully saturated rings. The zero-order valence-electron chi connectivity index (χ0n) is 6.45. The molecular formula is C6H10Br3N3. The smallest absolute Gasteiger partial charge is 0.131 e. The number of alkyl halides is 1. The summed E-state index contributed by atoms with van der Waals surface area (Å²) in [6.07, 6.45) is 1.73. The Kier molecular flexibility index (Phi) is 8.39. The summed E-state index contributed by atoms with van der Waals surface area (Å²) in [7, 11) is 0. The SMILES string of the molecule is Br.Br.Cc1ncc(CBr)c(N)n1. The molecule has 0 aliphatic heterocycles. The van der Waals surface area contributed by atoms with Crippen molar-refractivity contribution < 1.29 is 0 Å². The summed E-state index contributed by atoms with van der Waals surface area (Å²) >= 11 is 3.27. The van der Waals surface area contributed by atoms with Gasteiger partial charge in [0.25, 0.3) is 0 Å². The topological polar surface area (TPSA) is 51.8 Å². The molecule has 0 spiro atoms. The number of hydrogen-bond acceptors (Lipinski definition) is 3. The third kappa shape index (κ3) is 3.82. The van der Waals surface area contributed by atoms with Gasteiger partial charge in [-0.3, -0.25) is 0 Å². The average Bonchev–Trinajstić information content (AvgIpc) is 1.88. The Morgan fingerprint density at radius 2 is 2.08 bits per heavy atom. The molecule has 70 valence electrons. The van der Waals surface area contributed by atoms with Crippen molar-refractivity contribution in [2.24, 2.45) is 0 Å². The number of anilines is 1. The normalized spacial score (nSPS) is 8.17. The first kappa shape index (κ1) is 14.8. The maximum atomic E-state index is 5.55. The van der Waals surface area contributed by atoms with E-state index in [1.54, 1.807) is 6.20 Å². The minimum atomic E-state index is 0. The highest BCUT2D eigenvalue weighted by atomic mass is 79.9. The van der Waals surface area contributed by atoms with Gasteiger partial charge in [-0.25, -0.2) is 9.97 Å². The average molecular weight is 364 g/mol. The summed E-state index contributed by atoms with van der Waals surface area (Å²) in [4.78, 5) is 7.97. The van der Waals surface area contributed by atoms with Gasteiger partial charge in [0.1, 0.15) is 11.6 Å². The molecule has 1 aromatic heterocycles. The largest absolute Gasteiger partial charge is 0.383 e. The van der Waals surface area contributed by atoms with Crippen LogP contribution in [0.2, 0.25) is 0 Å². The van der Waals surface area contributed by atoms with E-state index < -0.39 is 0 Å². The highest BCUT2D eigenvalue weighted by molar-refractivity contribution is 9.08. The number of rotatable bonds is 1. The number of nitrogen functional groups attached to an aromatic ring is 1. The van der Waals surface area contributed by atoms with Crippen molar-refractivity contribution in [1.29, 1.82) is 0 Å². The molecule has 1 rings (SSSR count). The minimum Gasteiger partial charge on any atom is -0.383 e. The monoisotopic (exact) mass is 361 g/mol. The fraction of sp³-hybridized carbons (Fsp3) is 0.333. The lowest BCUT2D eigenvalue weighted by Crippen LogP contribution is -1.99. The van der Waals surface area contributed by atoms with Gasteiger partial charge in [-0.15, -0.1) is 34.0 Å². The molecule has 0 unspecified atom stereocenters. The molecule has 2 N–H and O–H groups in total. The van der Waals surface area contributed by atoms with Crippen molar-refractivity contribution in [3.63, 3.8) is 0 Å². The van der Waals surface area contributed by atoms with Crippen molar-refractivity contribution in [3.8, 4) is 0 Å². The molecule has 0 saturated heterocycles. The first-order chi connectivity index (χ1) is 4.74. The molecule has 1 aromatic rings. The fourth-order valence-electron chi connectivity index (χ4n) is 0.615. The second-order valence-corrected chi connectivity index (χ2v) is 2.52. The molecular weight excluding hydrogens is 354 g/mol. The van der Waals surface area contributed by atoms with Crippen molar-refractivity contribution in [2.75, 3.05) is 5.73 Å². The molecule has 0 aliphatic rings. The highest BCUT2D eigenvalue weighted by Gasteiger charge is 1.97. The van der Waals surface area contributed by atoms with Gasteiger partial charge in [0, 0.05) is 17.1 Å². The fourth-order valence-corrected chi connectivity index (χ4v) is 1.05. The van der Waals surface area contributed by atoms with Gasteiger partial charge in [0.05, 0.1) is 0 Å². The Bertz CT molecular complexity index is 241. The van der Waals surface area contributed by atoms with Crippen molar-refractivity contribution in [3.05, 3.63) is 17.6 Å². The summed E-state index contributed by atoms with van der Waals surface area (Å²) in [6.45, 7) is 1.81. The molecule has 0 amide bonds. The summed E-state index contributed by atoms with van der Waals surface area (Å²) in [5, 5.41) is 0.707. The van der Waals surface area contributed by atoms with E-state index in [9.17, 15) is 0 Å². The quantitative estimate of drug-likeness (QED) is 0.779. The molecule has 3 nitrogen and oxygen atoms in total. The molecule has 0 atom stereocenters. The van der Waals surface area contributed by atoms with E-state index in [-0.39, 0.29) is 34.0 Å². The summed E-state index contributed by atoms with van der Waals surface area (Å²) in [5.41, 5.74) is 6.49. The number of hydrogen-bond donors (Lipinski definition) is 1. The second-order valence-electron chi connectivity index (χ2n) is 1.96.